The Morgan fingerprint density at radius 3 is 2.74 bits per heavy atom. The predicted octanol–water partition coefficient (Wildman–Crippen LogP) is 3.64. The number of primary amides is 1. The lowest BCUT2D eigenvalue weighted by atomic mass is 10.1. The van der Waals surface area contributed by atoms with Crippen LogP contribution in [0.25, 0.3) is 11.3 Å². The van der Waals surface area contributed by atoms with Gasteiger partial charge in [-0.1, -0.05) is 35.9 Å². The standard InChI is InChI=1S/C17H13ClN2O2S/c18-13-6-2-4-11(8-13)15(21)17-20-14(9-23-17)10-3-1-5-12(7-10)16(19)22/h1-9,15,21H,(H2,19,22). The van der Waals surface area contributed by atoms with Crippen molar-refractivity contribution in [2.24, 2.45) is 5.73 Å². The third-order valence-electron chi connectivity index (χ3n) is 3.36. The van der Waals surface area contributed by atoms with Crippen molar-refractivity contribution in [3.05, 3.63) is 75.1 Å². The van der Waals surface area contributed by atoms with E-state index in [0.29, 0.717) is 26.9 Å². The highest BCUT2D eigenvalue weighted by Gasteiger charge is 2.16. The van der Waals surface area contributed by atoms with Crippen LogP contribution in [0, 0.1) is 0 Å². The van der Waals surface area contributed by atoms with Crippen LogP contribution in [0.15, 0.2) is 53.9 Å². The van der Waals surface area contributed by atoms with E-state index in [9.17, 15) is 9.90 Å². The van der Waals surface area contributed by atoms with Crippen LogP contribution in [-0.4, -0.2) is 16.0 Å². The SMILES string of the molecule is NC(=O)c1cccc(-c2csc(C(O)c3cccc(Cl)c3)n2)c1. The van der Waals surface area contributed by atoms with Gasteiger partial charge < -0.3 is 10.8 Å². The number of nitrogens with two attached hydrogens (primary N) is 1. The average molecular weight is 345 g/mol. The van der Waals surface area contributed by atoms with Crippen molar-refractivity contribution >= 4 is 28.8 Å². The van der Waals surface area contributed by atoms with E-state index in [0.717, 1.165) is 5.56 Å². The summed E-state index contributed by atoms with van der Waals surface area (Å²) in [6, 6.07) is 14.0. The van der Waals surface area contributed by atoms with E-state index in [1.54, 1.807) is 42.5 Å². The van der Waals surface area contributed by atoms with E-state index >= 15 is 0 Å². The first kappa shape index (κ1) is 15.7. The number of aliphatic hydroxyl groups excluding tert-OH is 1. The number of halogens is 1. The molecule has 0 bridgehead atoms. The van der Waals surface area contributed by atoms with Crippen LogP contribution in [0.5, 0.6) is 0 Å². The lowest BCUT2D eigenvalue weighted by molar-refractivity contribution is 0.100. The van der Waals surface area contributed by atoms with Crippen molar-refractivity contribution in [2.75, 3.05) is 0 Å². The molecule has 3 rings (SSSR count). The molecular formula is C17H13ClN2O2S. The van der Waals surface area contributed by atoms with E-state index in [1.807, 2.05) is 11.4 Å². The summed E-state index contributed by atoms with van der Waals surface area (Å²) in [7, 11) is 0. The molecule has 1 unspecified atom stereocenters. The van der Waals surface area contributed by atoms with Crippen LogP contribution in [-0.2, 0) is 0 Å². The van der Waals surface area contributed by atoms with E-state index in [-0.39, 0.29) is 0 Å². The third kappa shape index (κ3) is 3.42. The van der Waals surface area contributed by atoms with Crippen molar-refractivity contribution in [2.45, 2.75) is 6.10 Å². The molecular weight excluding hydrogens is 332 g/mol. The molecule has 0 saturated heterocycles. The fourth-order valence-electron chi connectivity index (χ4n) is 2.20. The molecule has 0 aliphatic rings. The summed E-state index contributed by atoms with van der Waals surface area (Å²) in [5, 5.41) is 13.4. The van der Waals surface area contributed by atoms with Gasteiger partial charge in [0.2, 0.25) is 5.91 Å². The molecule has 3 N–H and O–H groups in total. The van der Waals surface area contributed by atoms with Crippen molar-refractivity contribution in [3.8, 4) is 11.3 Å². The number of carbonyl (C=O) groups is 1. The highest BCUT2D eigenvalue weighted by atomic mass is 35.5. The van der Waals surface area contributed by atoms with E-state index in [2.05, 4.69) is 4.98 Å². The van der Waals surface area contributed by atoms with Crippen LogP contribution < -0.4 is 5.73 Å². The topological polar surface area (TPSA) is 76.2 Å². The van der Waals surface area contributed by atoms with Crippen LogP contribution in [0.3, 0.4) is 0 Å². The Bertz CT molecular complexity index is 863. The molecule has 116 valence electrons. The first-order chi connectivity index (χ1) is 11.0. The summed E-state index contributed by atoms with van der Waals surface area (Å²) < 4.78 is 0. The number of aromatic nitrogens is 1. The van der Waals surface area contributed by atoms with Gasteiger partial charge in [-0.25, -0.2) is 4.98 Å². The Hall–Kier alpha value is -2.21. The van der Waals surface area contributed by atoms with Crippen molar-refractivity contribution in [3.63, 3.8) is 0 Å². The highest BCUT2D eigenvalue weighted by Crippen LogP contribution is 2.30. The lowest BCUT2D eigenvalue weighted by Gasteiger charge is -2.08. The Morgan fingerprint density at radius 1 is 1.22 bits per heavy atom. The number of hydrogen-bond donors (Lipinski definition) is 2. The van der Waals surface area contributed by atoms with E-state index in [4.69, 9.17) is 17.3 Å². The van der Waals surface area contributed by atoms with Crippen LogP contribution in [0.4, 0.5) is 0 Å². The van der Waals surface area contributed by atoms with Gasteiger partial charge in [-0.2, -0.15) is 0 Å². The number of rotatable bonds is 4. The Balaban J connectivity index is 1.91. The number of thiazole rings is 1. The van der Waals surface area contributed by atoms with Crippen LogP contribution in [0.1, 0.15) is 27.0 Å². The molecule has 0 fully saturated rings. The quantitative estimate of drug-likeness (QED) is 0.758. The molecule has 2 aromatic carbocycles. The summed E-state index contributed by atoms with van der Waals surface area (Å²) >= 11 is 7.30. The minimum Gasteiger partial charge on any atom is -0.381 e. The zero-order valence-electron chi connectivity index (χ0n) is 11.9. The van der Waals surface area contributed by atoms with Gasteiger partial charge in [-0.3, -0.25) is 4.79 Å². The molecule has 0 radical (unpaired) electrons. The normalized spacial score (nSPS) is 12.1. The van der Waals surface area contributed by atoms with Crippen LogP contribution >= 0.6 is 22.9 Å². The molecule has 1 atom stereocenters. The Labute approximate surface area is 142 Å². The molecule has 3 aromatic rings. The molecule has 4 nitrogen and oxygen atoms in total. The second-order valence-electron chi connectivity index (χ2n) is 4.97. The Kier molecular flexibility index (Phi) is 4.43. The Morgan fingerprint density at radius 2 is 2.00 bits per heavy atom. The van der Waals surface area contributed by atoms with Gasteiger partial charge in [0.25, 0.3) is 0 Å². The second kappa shape index (κ2) is 6.50. The molecule has 0 spiro atoms. The van der Waals surface area contributed by atoms with Crippen LogP contribution in [0.2, 0.25) is 5.02 Å². The summed E-state index contributed by atoms with van der Waals surface area (Å²) in [4.78, 5) is 15.7. The summed E-state index contributed by atoms with van der Waals surface area (Å²) in [5.41, 5.74) is 7.87. The number of amides is 1. The van der Waals surface area contributed by atoms with Gasteiger partial charge in [-0.15, -0.1) is 11.3 Å². The zero-order chi connectivity index (χ0) is 16.4. The highest BCUT2D eigenvalue weighted by molar-refractivity contribution is 7.10. The van der Waals surface area contributed by atoms with Gasteiger partial charge in [0.15, 0.2) is 0 Å². The molecule has 0 aliphatic carbocycles. The van der Waals surface area contributed by atoms with Gasteiger partial charge in [-0.05, 0) is 29.8 Å². The summed E-state index contributed by atoms with van der Waals surface area (Å²) in [6.07, 6.45) is -0.841. The van der Waals surface area contributed by atoms with Gasteiger partial charge in [0.05, 0.1) is 5.69 Å². The number of nitrogens with zero attached hydrogens (tertiary/aromatic N) is 1. The average Bonchev–Trinajstić information content (AvgIpc) is 3.04. The van der Waals surface area contributed by atoms with Gasteiger partial charge >= 0.3 is 0 Å². The molecule has 6 heteroatoms. The van der Waals surface area contributed by atoms with Crippen molar-refractivity contribution < 1.29 is 9.90 Å². The predicted molar refractivity (Wildman–Crippen MR) is 91.6 cm³/mol. The first-order valence-electron chi connectivity index (χ1n) is 6.84. The molecule has 1 amide bonds. The first-order valence-corrected chi connectivity index (χ1v) is 8.09. The molecule has 23 heavy (non-hydrogen) atoms. The molecule has 1 heterocycles. The smallest absolute Gasteiger partial charge is 0.248 e. The minimum atomic E-state index is -0.841. The van der Waals surface area contributed by atoms with Gasteiger partial charge in [0.1, 0.15) is 11.1 Å². The second-order valence-corrected chi connectivity index (χ2v) is 6.30. The zero-order valence-corrected chi connectivity index (χ0v) is 13.5. The summed E-state index contributed by atoms with van der Waals surface area (Å²) in [6.45, 7) is 0. The number of aliphatic hydroxyl groups is 1. The molecule has 0 aliphatic heterocycles. The van der Waals surface area contributed by atoms with Crippen molar-refractivity contribution in [1.82, 2.24) is 4.98 Å². The maximum Gasteiger partial charge on any atom is 0.248 e. The minimum absolute atomic E-state index is 0.424. The fraction of sp³-hybridized carbons (Fsp3) is 0.0588. The molecule has 1 aromatic heterocycles. The summed E-state index contributed by atoms with van der Waals surface area (Å²) in [5.74, 6) is -0.485. The fourth-order valence-corrected chi connectivity index (χ4v) is 3.23. The third-order valence-corrected chi connectivity index (χ3v) is 4.50. The number of hydrogen-bond acceptors (Lipinski definition) is 4. The van der Waals surface area contributed by atoms with Crippen molar-refractivity contribution in [1.29, 1.82) is 0 Å². The monoisotopic (exact) mass is 344 g/mol. The lowest BCUT2D eigenvalue weighted by Crippen LogP contribution is -2.10. The molecule has 0 saturated carbocycles. The van der Waals surface area contributed by atoms with Gasteiger partial charge in [0, 0.05) is 21.5 Å². The maximum absolute atomic E-state index is 11.3. The van der Waals surface area contributed by atoms with E-state index < -0.39 is 12.0 Å². The maximum atomic E-state index is 11.3. The largest absolute Gasteiger partial charge is 0.381 e. The number of carbonyl (C=O) groups excluding carboxylic acids is 1. The number of benzene rings is 2. The van der Waals surface area contributed by atoms with E-state index in [1.165, 1.54) is 11.3 Å².